The number of rotatable bonds is 5. The number of aryl methyl sites for hydroxylation is 1. The molecule has 1 saturated heterocycles. The summed E-state index contributed by atoms with van der Waals surface area (Å²) in [4.78, 5) is 37.0. The highest BCUT2D eigenvalue weighted by molar-refractivity contribution is 5.98. The number of aliphatic hydroxyl groups excluding tert-OH is 1. The average molecular weight is 563 g/mol. The van der Waals surface area contributed by atoms with E-state index in [0.29, 0.717) is 23.6 Å². The number of carbonyl (C=O) groups is 2. The molecule has 2 amide bonds. The Hall–Kier alpha value is -4.46. The second kappa shape index (κ2) is 9.58. The summed E-state index contributed by atoms with van der Waals surface area (Å²) in [6.07, 6.45) is -0.329. The van der Waals surface area contributed by atoms with Gasteiger partial charge in [-0.3, -0.25) is 9.59 Å². The molecule has 1 aromatic heterocycles. The minimum Gasteiger partial charge on any atom is -0.492 e. The van der Waals surface area contributed by atoms with Crippen LogP contribution in [-0.2, 0) is 5.41 Å². The third-order valence-corrected chi connectivity index (χ3v) is 8.44. The Balaban J connectivity index is 1.22. The van der Waals surface area contributed by atoms with Gasteiger partial charge in [0.25, 0.3) is 11.8 Å². The molecule has 0 saturated carbocycles. The number of aliphatic hydroxyl groups is 1. The monoisotopic (exact) mass is 562 g/mol. The molecule has 216 valence electrons. The van der Waals surface area contributed by atoms with Crippen molar-refractivity contribution in [1.29, 1.82) is 0 Å². The summed E-state index contributed by atoms with van der Waals surface area (Å²) in [6, 6.07) is 6.71. The number of guanidine groups is 2. The number of nitrogens with one attached hydrogen (secondary N) is 3. The quantitative estimate of drug-likeness (QED) is 0.255. The molecule has 0 bridgehead atoms. The van der Waals surface area contributed by atoms with E-state index in [9.17, 15) is 14.7 Å². The molecule has 6 rings (SSSR count). The van der Waals surface area contributed by atoms with Crippen molar-refractivity contribution in [3.05, 3.63) is 52.8 Å². The lowest BCUT2D eigenvalue weighted by atomic mass is 9.79. The van der Waals surface area contributed by atoms with Gasteiger partial charge in [-0.05, 0) is 37.0 Å². The molecule has 14 nitrogen and oxygen atoms in total. The molecule has 4 aliphatic heterocycles. The van der Waals surface area contributed by atoms with Crippen molar-refractivity contribution in [2.75, 3.05) is 19.7 Å². The SMILES string of the molecule is Cc1ccc(C(=O)NC[C@@H]2N=C(N)N3C[C@@H](NC(=O)c4cccc5c4OCCC5(C)C)[C@@H](O)[C@@]34NC(N)=N[C@@H]24)nn1. The Morgan fingerprint density at radius 2 is 1.98 bits per heavy atom. The maximum absolute atomic E-state index is 13.6. The maximum atomic E-state index is 13.6. The third kappa shape index (κ3) is 4.29. The first kappa shape index (κ1) is 26.7. The fourth-order valence-corrected chi connectivity index (χ4v) is 6.21. The number of aromatic nitrogens is 2. The molecule has 0 radical (unpaired) electrons. The minimum atomic E-state index is -1.26. The van der Waals surface area contributed by atoms with Crippen LogP contribution in [0, 0.1) is 6.92 Å². The zero-order valence-electron chi connectivity index (χ0n) is 23.1. The first-order valence-electron chi connectivity index (χ1n) is 13.6. The molecule has 1 aromatic carbocycles. The van der Waals surface area contributed by atoms with Crippen LogP contribution in [0.5, 0.6) is 5.75 Å². The molecule has 8 N–H and O–H groups in total. The van der Waals surface area contributed by atoms with Crippen molar-refractivity contribution < 1.29 is 19.4 Å². The largest absolute Gasteiger partial charge is 0.492 e. The number of aliphatic imine (C=N–C) groups is 2. The molecule has 5 atom stereocenters. The van der Waals surface area contributed by atoms with Crippen molar-refractivity contribution in [1.82, 2.24) is 31.0 Å². The van der Waals surface area contributed by atoms with Gasteiger partial charge in [0.15, 0.2) is 23.3 Å². The van der Waals surface area contributed by atoms with Crippen LogP contribution in [0.25, 0.3) is 0 Å². The van der Waals surface area contributed by atoms with E-state index in [1.165, 1.54) is 0 Å². The summed E-state index contributed by atoms with van der Waals surface area (Å²) < 4.78 is 5.93. The highest BCUT2D eigenvalue weighted by atomic mass is 16.5. The van der Waals surface area contributed by atoms with Crippen LogP contribution < -0.4 is 32.2 Å². The molecule has 4 aliphatic rings. The predicted molar refractivity (Wildman–Crippen MR) is 149 cm³/mol. The standard InChI is InChI=1S/C27H34N10O4/c1-13-7-8-16(36-35-13)23(40)30-11-17-20-27(34-24(28)33-20)21(38)18(12-37(27)25(29)32-17)31-22(39)14-5-4-6-15-19(14)41-10-9-26(15,2)3/h4-8,17-18,20-21,38H,9-12H2,1-3H3,(H2,29,32)(H,30,40)(H,31,39)(H3,28,33,34)/t17-,18+,20-,21+,27-/m0/s1. The van der Waals surface area contributed by atoms with E-state index >= 15 is 0 Å². The number of para-hydroxylation sites is 1. The zero-order chi connectivity index (χ0) is 29.1. The van der Waals surface area contributed by atoms with Crippen LogP contribution in [0.15, 0.2) is 40.3 Å². The second-order valence-electron chi connectivity index (χ2n) is 11.5. The number of fused-ring (bicyclic) bond motifs is 1. The van der Waals surface area contributed by atoms with E-state index in [-0.39, 0.29) is 42.0 Å². The van der Waals surface area contributed by atoms with Gasteiger partial charge in [0.2, 0.25) is 0 Å². The lowest BCUT2D eigenvalue weighted by molar-refractivity contribution is 0.0143. The summed E-state index contributed by atoms with van der Waals surface area (Å²) >= 11 is 0. The first-order valence-corrected chi connectivity index (χ1v) is 13.6. The summed E-state index contributed by atoms with van der Waals surface area (Å²) in [5.41, 5.74) is 13.3. The minimum absolute atomic E-state index is 0.0564. The van der Waals surface area contributed by atoms with Gasteiger partial charge in [-0.25, -0.2) is 9.98 Å². The molecule has 1 spiro atoms. The van der Waals surface area contributed by atoms with E-state index < -0.39 is 35.8 Å². The third-order valence-electron chi connectivity index (χ3n) is 8.44. The summed E-state index contributed by atoms with van der Waals surface area (Å²) in [5.74, 6) is -0.0131. The Morgan fingerprint density at radius 3 is 2.73 bits per heavy atom. The smallest absolute Gasteiger partial charge is 0.271 e. The number of ether oxygens (including phenoxy) is 1. The van der Waals surface area contributed by atoms with Crippen LogP contribution in [0.3, 0.4) is 0 Å². The average Bonchev–Trinajstić information content (AvgIpc) is 3.43. The predicted octanol–water partition coefficient (Wildman–Crippen LogP) is -1.27. The van der Waals surface area contributed by atoms with E-state index in [4.69, 9.17) is 16.2 Å². The van der Waals surface area contributed by atoms with Crippen molar-refractivity contribution in [3.63, 3.8) is 0 Å². The Morgan fingerprint density at radius 1 is 1.17 bits per heavy atom. The summed E-state index contributed by atoms with van der Waals surface area (Å²) in [7, 11) is 0. The number of amides is 2. The highest BCUT2D eigenvalue weighted by Crippen LogP contribution is 2.42. The van der Waals surface area contributed by atoms with Gasteiger partial charge in [-0.15, -0.1) is 5.10 Å². The van der Waals surface area contributed by atoms with Crippen molar-refractivity contribution in [2.45, 2.75) is 62.5 Å². The Kier molecular flexibility index (Phi) is 6.25. The molecule has 1 fully saturated rings. The number of benzene rings is 1. The van der Waals surface area contributed by atoms with Gasteiger partial charge in [-0.2, -0.15) is 5.10 Å². The molecule has 5 heterocycles. The summed E-state index contributed by atoms with van der Waals surface area (Å²) in [6.45, 7) is 6.75. The van der Waals surface area contributed by atoms with Gasteiger partial charge in [-0.1, -0.05) is 26.0 Å². The molecular weight excluding hydrogens is 528 g/mol. The molecule has 14 heteroatoms. The number of nitrogens with two attached hydrogens (primary N) is 2. The maximum Gasteiger partial charge on any atom is 0.271 e. The molecule has 41 heavy (non-hydrogen) atoms. The van der Waals surface area contributed by atoms with Gasteiger partial charge in [0.05, 0.1) is 29.9 Å². The zero-order valence-corrected chi connectivity index (χ0v) is 23.1. The van der Waals surface area contributed by atoms with Crippen LogP contribution in [-0.4, -0.2) is 93.5 Å². The number of hydrogen-bond donors (Lipinski definition) is 6. The van der Waals surface area contributed by atoms with E-state index in [2.05, 4.69) is 50.0 Å². The van der Waals surface area contributed by atoms with Crippen molar-refractivity contribution in [3.8, 4) is 5.75 Å². The fraction of sp³-hybridized carbons (Fsp3) is 0.481. The lowest BCUT2D eigenvalue weighted by Gasteiger charge is -2.46. The Bertz CT molecular complexity index is 1460. The molecular formula is C27H34N10O4. The van der Waals surface area contributed by atoms with Gasteiger partial charge in [0, 0.05) is 18.7 Å². The molecule has 0 unspecified atom stereocenters. The number of hydrogen-bond acceptors (Lipinski definition) is 12. The topological polar surface area (TPSA) is 205 Å². The Labute approximate surface area is 236 Å². The van der Waals surface area contributed by atoms with E-state index in [0.717, 1.165) is 12.0 Å². The number of carbonyl (C=O) groups excluding carboxylic acids is 2. The van der Waals surface area contributed by atoms with Crippen molar-refractivity contribution in [2.24, 2.45) is 21.5 Å². The van der Waals surface area contributed by atoms with Gasteiger partial charge in [0.1, 0.15) is 17.9 Å². The van der Waals surface area contributed by atoms with Crippen LogP contribution in [0.1, 0.15) is 52.4 Å². The lowest BCUT2D eigenvalue weighted by Crippen LogP contribution is -2.73. The first-order chi connectivity index (χ1) is 19.5. The van der Waals surface area contributed by atoms with Gasteiger partial charge < -0.3 is 42.2 Å². The van der Waals surface area contributed by atoms with Crippen molar-refractivity contribution >= 4 is 23.7 Å². The molecule has 0 aliphatic carbocycles. The van der Waals surface area contributed by atoms with Crippen LogP contribution in [0.2, 0.25) is 0 Å². The summed E-state index contributed by atoms with van der Waals surface area (Å²) in [5, 5.41) is 28.4. The highest BCUT2D eigenvalue weighted by Gasteiger charge is 2.65. The van der Waals surface area contributed by atoms with Gasteiger partial charge >= 0.3 is 0 Å². The second-order valence-corrected chi connectivity index (χ2v) is 11.5. The normalized spacial score (nSPS) is 29.1. The fourth-order valence-electron chi connectivity index (χ4n) is 6.21. The van der Waals surface area contributed by atoms with E-state index in [1.807, 2.05) is 12.1 Å². The molecule has 2 aromatic rings. The van der Waals surface area contributed by atoms with Crippen LogP contribution >= 0.6 is 0 Å². The number of nitrogens with zero attached hydrogens (tertiary/aromatic N) is 5. The van der Waals surface area contributed by atoms with E-state index in [1.54, 1.807) is 30.0 Å². The van der Waals surface area contributed by atoms with Crippen LogP contribution in [0.4, 0.5) is 0 Å².